The first-order valence-corrected chi connectivity index (χ1v) is 8.39. The summed E-state index contributed by atoms with van der Waals surface area (Å²) in [5.74, 6) is -0.163. The Morgan fingerprint density at radius 1 is 1.39 bits per heavy atom. The first kappa shape index (κ1) is 17.4. The summed E-state index contributed by atoms with van der Waals surface area (Å²) in [7, 11) is 3.18. The van der Waals surface area contributed by atoms with E-state index in [9.17, 15) is 14.4 Å². The van der Waals surface area contributed by atoms with E-state index >= 15 is 0 Å². The van der Waals surface area contributed by atoms with Crippen molar-refractivity contribution in [1.29, 1.82) is 0 Å². The molecule has 3 amide bonds. The van der Waals surface area contributed by atoms with Gasteiger partial charge in [0.2, 0.25) is 17.0 Å². The van der Waals surface area contributed by atoms with Crippen LogP contribution in [-0.2, 0) is 21.4 Å². The summed E-state index contributed by atoms with van der Waals surface area (Å²) in [4.78, 5) is 38.9. The second kappa shape index (κ2) is 7.53. The molecule has 1 atom stereocenters. The largest absolute Gasteiger partial charge is 0.330 e. The Morgan fingerprint density at radius 3 is 2.65 bits per heavy atom. The Kier molecular flexibility index (Phi) is 5.69. The van der Waals surface area contributed by atoms with E-state index in [1.54, 1.807) is 7.05 Å². The SMILES string of the molecule is CCCN(C(=O)CCSc1nnnn1C)[C@@H]1CC(=O)N(C)C1=O. The number of tetrazole rings is 1. The summed E-state index contributed by atoms with van der Waals surface area (Å²) >= 11 is 1.38. The summed E-state index contributed by atoms with van der Waals surface area (Å²) < 4.78 is 1.53. The summed E-state index contributed by atoms with van der Waals surface area (Å²) in [6.07, 6.45) is 1.06. The predicted molar refractivity (Wildman–Crippen MR) is 82.3 cm³/mol. The fourth-order valence-electron chi connectivity index (χ4n) is 2.39. The molecule has 1 aliphatic heterocycles. The standard InChI is InChI=1S/C13H20N6O3S/c1-4-6-19(9-8-11(21)17(2)12(9)22)10(20)5-7-23-13-14-15-16-18(13)3/h9H,4-8H2,1-3H3/t9-/m1/s1. The number of carbonyl (C=O) groups excluding carboxylic acids is 3. The molecule has 0 unspecified atom stereocenters. The van der Waals surface area contributed by atoms with Gasteiger partial charge in [-0.15, -0.1) is 5.10 Å². The van der Waals surface area contributed by atoms with Gasteiger partial charge in [-0.25, -0.2) is 4.68 Å². The molecule has 1 fully saturated rings. The van der Waals surface area contributed by atoms with Crippen LogP contribution in [0.1, 0.15) is 26.2 Å². The molecule has 9 nitrogen and oxygen atoms in total. The molecule has 2 rings (SSSR count). The molecule has 1 aliphatic rings. The number of nitrogens with zero attached hydrogens (tertiary/aromatic N) is 6. The van der Waals surface area contributed by atoms with Crippen LogP contribution in [0, 0.1) is 0 Å². The van der Waals surface area contributed by atoms with Gasteiger partial charge in [-0.05, 0) is 16.8 Å². The zero-order chi connectivity index (χ0) is 17.0. The minimum atomic E-state index is -0.665. The van der Waals surface area contributed by atoms with E-state index in [1.807, 2.05) is 6.92 Å². The summed E-state index contributed by atoms with van der Waals surface area (Å²) in [6, 6.07) is -0.665. The third-order valence-electron chi connectivity index (χ3n) is 3.65. The van der Waals surface area contributed by atoms with E-state index in [1.165, 1.54) is 28.4 Å². The lowest BCUT2D eigenvalue weighted by atomic mass is 10.2. The van der Waals surface area contributed by atoms with Crippen molar-refractivity contribution in [3.8, 4) is 0 Å². The molecular formula is C13H20N6O3S. The van der Waals surface area contributed by atoms with Crippen LogP contribution in [0.5, 0.6) is 0 Å². The van der Waals surface area contributed by atoms with E-state index in [0.29, 0.717) is 17.5 Å². The highest BCUT2D eigenvalue weighted by atomic mass is 32.2. The van der Waals surface area contributed by atoms with Crippen molar-refractivity contribution >= 4 is 29.5 Å². The Hall–Kier alpha value is -1.97. The fraction of sp³-hybridized carbons (Fsp3) is 0.692. The van der Waals surface area contributed by atoms with Gasteiger partial charge in [0.05, 0.1) is 6.42 Å². The van der Waals surface area contributed by atoms with Crippen molar-refractivity contribution in [3.63, 3.8) is 0 Å². The van der Waals surface area contributed by atoms with E-state index in [0.717, 1.165) is 11.3 Å². The van der Waals surface area contributed by atoms with Crippen molar-refractivity contribution < 1.29 is 14.4 Å². The molecule has 0 radical (unpaired) electrons. The van der Waals surface area contributed by atoms with Crippen LogP contribution in [0.4, 0.5) is 0 Å². The van der Waals surface area contributed by atoms with Gasteiger partial charge in [0.15, 0.2) is 0 Å². The van der Waals surface area contributed by atoms with E-state index < -0.39 is 6.04 Å². The van der Waals surface area contributed by atoms with Crippen molar-refractivity contribution in [3.05, 3.63) is 0 Å². The molecule has 23 heavy (non-hydrogen) atoms. The van der Waals surface area contributed by atoms with Crippen LogP contribution in [0.3, 0.4) is 0 Å². The van der Waals surface area contributed by atoms with Gasteiger partial charge in [-0.3, -0.25) is 19.3 Å². The molecule has 0 aliphatic carbocycles. The zero-order valence-corrected chi connectivity index (χ0v) is 14.2. The maximum absolute atomic E-state index is 12.5. The van der Waals surface area contributed by atoms with Crippen LogP contribution in [-0.4, -0.2) is 73.1 Å². The second-order valence-electron chi connectivity index (χ2n) is 5.28. The number of thioether (sulfide) groups is 1. The first-order valence-electron chi connectivity index (χ1n) is 7.40. The lowest BCUT2D eigenvalue weighted by Crippen LogP contribution is -2.45. The number of aryl methyl sites for hydroxylation is 1. The van der Waals surface area contributed by atoms with Crippen LogP contribution < -0.4 is 0 Å². The van der Waals surface area contributed by atoms with Crippen molar-refractivity contribution in [2.45, 2.75) is 37.4 Å². The number of hydrogen-bond donors (Lipinski definition) is 0. The molecule has 1 aromatic heterocycles. The van der Waals surface area contributed by atoms with E-state index in [2.05, 4.69) is 15.5 Å². The van der Waals surface area contributed by atoms with E-state index in [4.69, 9.17) is 0 Å². The third-order valence-corrected chi connectivity index (χ3v) is 4.66. The Morgan fingerprint density at radius 2 is 2.13 bits per heavy atom. The number of imide groups is 1. The molecule has 0 N–H and O–H groups in total. The minimum Gasteiger partial charge on any atom is -0.330 e. The van der Waals surface area contributed by atoms with Gasteiger partial charge in [-0.2, -0.15) is 0 Å². The number of amides is 3. The lowest BCUT2D eigenvalue weighted by molar-refractivity contribution is -0.143. The zero-order valence-electron chi connectivity index (χ0n) is 13.4. The number of aromatic nitrogens is 4. The lowest BCUT2D eigenvalue weighted by Gasteiger charge is -2.26. The van der Waals surface area contributed by atoms with Crippen molar-refractivity contribution in [2.75, 3.05) is 19.3 Å². The summed E-state index contributed by atoms with van der Waals surface area (Å²) in [6.45, 7) is 2.40. The molecule has 126 valence electrons. The highest BCUT2D eigenvalue weighted by molar-refractivity contribution is 7.99. The third kappa shape index (κ3) is 3.87. The Labute approximate surface area is 138 Å². The minimum absolute atomic E-state index is 0.0709. The number of carbonyl (C=O) groups is 3. The number of rotatable bonds is 7. The topological polar surface area (TPSA) is 101 Å². The van der Waals surface area contributed by atoms with Gasteiger partial charge in [0, 0.05) is 32.8 Å². The molecule has 1 aromatic rings. The number of likely N-dealkylation sites (tertiary alicyclic amines) is 1. The molecule has 0 spiro atoms. The van der Waals surface area contributed by atoms with Gasteiger partial charge >= 0.3 is 0 Å². The molecule has 0 saturated carbocycles. The maximum Gasteiger partial charge on any atom is 0.252 e. The molecule has 0 aromatic carbocycles. The number of likely N-dealkylation sites (N-methyl/N-ethyl adjacent to an activating group) is 1. The highest BCUT2D eigenvalue weighted by Gasteiger charge is 2.41. The van der Waals surface area contributed by atoms with Crippen molar-refractivity contribution in [1.82, 2.24) is 30.0 Å². The predicted octanol–water partition coefficient (Wildman–Crippen LogP) is -0.312. The smallest absolute Gasteiger partial charge is 0.252 e. The van der Waals surface area contributed by atoms with E-state index in [-0.39, 0.29) is 30.6 Å². The van der Waals surface area contributed by atoms with Crippen LogP contribution in [0.2, 0.25) is 0 Å². The summed E-state index contributed by atoms with van der Waals surface area (Å²) in [5.41, 5.74) is 0. The average Bonchev–Trinajstić information content (AvgIpc) is 3.04. The maximum atomic E-state index is 12.5. The van der Waals surface area contributed by atoms with Crippen LogP contribution in [0.15, 0.2) is 5.16 Å². The normalized spacial score (nSPS) is 17.9. The van der Waals surface area contributed by atoms with Gasteiger partial charge < -0.3 is 4.90 Å². The first-order chi connectivity index (χ1) is 11.0. The van der Waals surface area contributed by atoms with Gasteiger partial charge in [0.1, 0.15) is 6.04 Å². The average molecular weight is 340 g/mol. The van der Waals surface area contributed by atoms with Gasteiger partial charge in [-0.1, -0.05) is 18.7 Å². The Bertz CT molecular complexity index is 604. The highest BCUT2D eigenvalue weighted by Crippen LogP contribution is 2.20. The quantitative estimate of drug-likeness (QED) is 0.495. The number of hydrogen-bond acceptors (Lipinski definition) is 7. The van der Waals surface area contributed by atoms with Crippen LogP contribution in [0.25, 0.3) is 0 Å². The monoisotopic (exact) mass is 340 g/mol. The molecule has 0 bridgehead atoms. The Balaban J connectivity index is 1.94. The van der Waals surface area contributed by atoms with Crippen molar-refractivity contribution in [2.24, 2.45) is 7.05 Å². The second-order valence-corrected chi connectivity index (χ2v) is 6.34. The molecule has 10 heteroatoms. The fourth-order valence-corrected chi connectivity index (χ4v) is 3.17. The molecule has 1 saturated heterocycles. The molecule has 2 heterocycles. The van der Waals surface area contributed by atoms with Crippen LogP contribution >= 0.6 is 11.8 Å². The summed E-state index contributed by atoms with van der Waals surface area (Å²) in [5, 5.41) is 11.7. The van der Waals surface area contributed by atoms with Gasteiger partial charge in [0.25, 0.3) is 5.91 Å². The molecular weight excluding hydrogens is 320 g/mol.